The van der Waals surface area contributed by atoms with E-state index in [1.807, 2.05) is 6.07 Å². The molecule has 29 heavy (non-hydrogen) atoms. The fraction of sp³-hybridized carbons (Fsp3) is 0.263. The first kappa shape index (κ1) is 20.1. The van der Waals surface area contributed by atoms with Crippen molar-refractivity contribution in [1.82, 2.24) is 4.98 Å². The number of carbonyl (C=O) groups excluding carboxylic acids is 1. The number of nitrogens with one attached hydrogen (secondary N) is 1. The van der Waals surface area contributed by atoms with Gasteiger partial charge in [0.1, 0.15) is 17.6 Å². The van der Waals surface area contributed by atoms with E-state index in [2.05, 4.69) is 15.3 Å². The van der Waals surface area contributed by atoms with Crippen LogP contribution in [-0.2, 0) is 10.3 Å². The highest BCUT2D eigenvalue weighted by Gasteiger charge is 2.51. The molecule has 0 saturated heterocycles. The van der Waals surface area contributed by atoms with E-state index in [4.69, 9.17) is 15.7 Å². The number of aliphatic imine (C=N–C) groups is 1. The maximum atomic E-state index is 14.6. The molecule has 1 aliphatic rings. The van der Waals surface area contributed by atoms with E-state index in [1.54, 1.807) is 0 Å². The van der Waals surface area contributed by atoms with Crippen LogP contribution in [0.2, 0.25) is 0 Å². The number of benzene rings is 1. The summed E-state index contributed by atoms with van der Waals surface area (Å²) >= 11 is 0. The first-order chi connectivity index (χ1) is 13.8. The van der Waals surface area contributed by atoms with Crippen molar-refractivity contribution in [2.45, 2.75) is 18.9 Å². The molecule has 3 N–H and O–H groups in total. The Balaban J connectivity index is 1.98. The Morgan fingerprint density at radius 3 is 2.79 bits per heavy atom. The van der Waals surface area contributed by atoms with Crippen molar-refractivity contribution in [3.05, 3.63) is 59.2 Å². The normalized spacial score (nSPS) is 21.1. The lowest BCUT2D eigenvalue weighted by Crippen LogP contribution is -2.47. The number of ether oxygens (including phenoxy) is 1. The van der Waals surface area contributed by atoms with Crippen LogP contribution in [0.3, 0.4) is 0 Å². The van der Waals surface area contributed by atoms with E-state index in [9.17, 15) is 18.0 Å². The number of alkyl halides is 2. The number of nitrogens with zero attached hydrogens (tertiary/aromatic N) is 3. The predicted octanol–water partition coefficient (Wildman–Crippen LogP) is 2.79. The average molecular weight is 403 g/mol. The highest BCUT2D eigenvalue weighted by atomic mass is 19.3. The topological polar surface area (TPSA) is 113 Å². The third kappa shape index (κ3) is 3.71. The molecule has 7 nitrogen and oxygen atoms in total. The molecule has 1 aromatic carbocycles. The molecule has 2 aromatic rings. The number of amidine groups is 1. The number of rotatable bonds is 4. The Kier molecular flexibility index (Phi) is 5.41. The summed E-state index contributed by atoms with van der Waals surface area (Å²) in [6, 6.07) is 7.46. The fourth-order valence-electron chi connectivity index (χ4n) is 3.07. The van der Waals surface area contributed by atoms with Gasteiger partial charge in [0.15, 0.2) is 5.54 Å². The van der Waals surface area contributed by atoms with Crippen LogP contribution < -0.4 is 11.1 Å². The third-order valence-electron chi connectivity index (χ3n) is 4.64. The highest BCUT2D eigenvalue weighted by molar-refractivity contribution is 6.02. The Morgan fingerprint density at radius 1 is 1.41 bits per heavy atom. The summed E-state index contributed by atoms with van der Waals surface area (Å²) in [5.74, 6) is -2.44. The Morgan fingerprint density at radius 2 is 2.17 bits per heavy atom. The van der Waals surface area contributed by atoms with Gasteiger partial charge in [-0.2, -0.15) is 5.26 Å². The lowest BCUT2D eigenvalue weighted by atomic mass is 9.79. The van der Waals surface area contributed by atoms with Crippen LogP contribution in [0.5, 0.6) is 0 Å². The maximum absolute atomic E-state index is 14.6. The number of anilines is 1. The van der Waals surface area contributed by atoms with E-state index in [0.717, 1.165) is 12.1 Å². The van der Waals surface area contributed by atoms with Crippen LogP contribution in [0.15, 0.2) is 41.5 Å². The smallest absolute Gasteiger partial charge is 0.283 e. The number of carbonyl (C=O) groups is 1. The van der Waals surface area contributed by atoms with Crippen molar-refractivity contribution in [3.8, 4) is 6.07 Å². The van der Waals surface area contributed by atoms with Crippen molar-refractivity contribution >= 4 is 17.6 Å². The van der Waals surface area contributed by atoms with Gasteiger partial charge in [-0.3, -0.25) is 4.79 Å². The summed E-state index contributed by atoms with van der Waals surface area (Å²) < 4.78 is 47.7. The van der Waals surface area contributed by atoms with Gasteiger partial charge in [0, 0.05) is 23.4 Å². The van der Waals surface area contributed by atoms with Crippen LogP contribution in [0.1, 0.15) is 28.5 Å². The summed E-state index contributed by atoms with van der Waals surface area (Å²) in [6.45, 7) is 1.29. The zero-order chi connectivity index (χ0) is 21.2. The van der Waals surface area contributed by atoms with Crippen LogP contribution in [0.4, 0.5) is 18.9 Å². The van der Waals surface area contributed by atoms with Crippen LogP contribution in [-0.4, -0.2) is 29.9 Å². The molecule has 0 radical (unpaired) electrons. The van der Waals surface area contributed by atoms with Gasteiger partial charge in [-0.05, 0) is 30.3 Å². The molecular formula is C19H16F3N5O2. The SMILES string of the molecule is C[C@H]1COC(N)=N[C@@]1(c1cc(NC(=O)c2ccc(C#N)cn2)ccc1F)C(F)F. The number of pyridine rings is 1. The number of nitriles is 1. The van der Waals surface area contributed by atoms with E-state index in [0.29, 0.717) is 0 Å². The van der Waals surface area contributed by atoms with Gasteiger partial charge in [-0.25, -0.2) is 23.1 Å². The fourth-order valence-corrected chi connectivity index (χ4v) is 3.07. The van der Waals surface area contributed by atoms with E-state index >= 15 is 0 Å². The van der Waals surface area contributed by atoms with Crippen molar-refractivity contribution in [3.63, 3.8) is 0 Å². The number of halogens is 3. The summed E-state index contributed by atoms with van der Waals surface area (Å²) in [7, 11) is 0. The molecule has 1 amide bonds. The Hall–Kier alpha value is -3.61. The molecule has 150 valence electrons. The number of hydrogen-bond acceptors (Lipinski definition) is 6. The molecule has 0 aliphatic carbocycles. The molecule has 0 bridgehead atoms. The van der Waals surface area contributed by atoms with Crippen molar-refractivity contribution in [2.75, 3.05) is 11.9 Å². The molecule has 0 spiro atoms. The molecule has 0 unspecified atom stereocenters. The molecule has 0 saturated carbocycles. The molecule has 2 atom stereocenters. The minimum Gasteiger partial charge on any atom is -0.465 e. The van der Waals surface area contributed by atoms with Gasteiger partial charge in [0.05, 0.1) is 12.2 Å². The standard InChI is InChI=1S/C19H16F3N5O2/c1-10-9-29-18(24)27-19(10,17(21)22)13-6-12(3-4-14(13)20)26-16(28)15-5-2-11(7-23)8-25-15/h2-6,8,10,17H,9H2,1H3,(H2,24,27)(H,26,28)/t10-,19-/m0/s1. The lowest BCUT2D eigenvalue weighted by molar-refractivity contribution is -0.0101. The molecular weight excluding hydrogens is 387 g/mol. The minimum absolute atomic E-state index is 0.000137. The summed E-state index contributed by atoms with van der Waals surface area (Å²) in [6.07, 6.45) is -1.85. The monoisotopic (exact) mass is 403 g/mol. The number of aromatic nitrogens is 1. The van der Waals surface area contributed by atoms with Crippen molar-refractivity contribution in [1.29, 1.82) is 5.26 Å². The second kappa shape index (κ2) is 7.79. The van der Waals surface area contributed by atoms with E-state index in [-0.39, 0.29) is 23.6 Å². The summed E-state index contributed by atoms with van der Waals surface area (Å²) in [5.41, 5.74) is 3.18. The molecule has 1 aromatic heterocycles. The molecule has 3 rings (SSSR count). The summed E-state index contributed by atoms with van der Waals surface area (Å²) in [4.78, 5) is 20.0. The number of hydrogen-bond donors (Lipinski definition) is 2. The van der Waals surface area contributed by atoms with Crippen LogP contribution in [0.25, 0.3) is 0 Å². The van der Waals surface area contributed by atoms with Gasteiger partial charge in [-0.15, -0.1) is 0 Å². The van der Waals surface area contributed by atoms with Gasteiger partial charge in [0.2, 0.25) is 0 Å². The second-order valence-electron chi connectivity index (χ2n) is 6.48. The first-order valence-corrected chi connectivity index (χ1v) is 8.51. The van der Waals surface area contributed by atoms with Crippen LogP contribution in [0, 0.1) is 23.1 Å². The maximum Gasteiger partial charge on any atom is 0.283 e. The molecule has 0 fully saturated rings. The van der Waals surface area contributed by atoms with Crippen molar-refractivity contribution < 1.29 is 22.7 Å². The molecule has 2 heterocycles. The van der Waals surface area contributed by atoms with Gasteiger partial charge < -0.3 is 15.8 Å². The van der Waals surface area contributed by atoms with Crippen molar-refractivity contribution in [2.24, 2.45) is 16.6 Å². The second-order valence-corrected chi connectivity index (χ2v) is 6.48. The van der Waals surface area contributed by atoms with E-state index in [1.165, 1.54) is 31.3 Å². The zero-order valence-electron chi connectivity index (χ0n) is 15.2. The number of amides is 1. The summed E-state index contributed by atoms with van der Waals surface area (Å²) in [5, 5.41) is 11.3. The predicted molar refractivity (Wildman–Crippen MR) is 97.7 cm³/mol. The Bertz CT molecular complexity index is 1000. The van der Waals surface area contributed by atoms with Gasteiger partial charge in [0.25, 0.3) is 18.4 Å². The van der Waals surface area contributed by atoms with Gasteiger partial charge in [-0.1, -0.05) is 6.92 Å². The van der Waals surface area contributed by atoms with E-state index < -0.39 is 41.2 Å². The average Bonchev–Trinajstić information content (AvgIpc) is 2.71. The number of nitrogens with two attached hydrogens (primary N) is 1. The third-order valence-corrected chi connectivity index (χ3v) is 4.64. The molecule has 10 heteroatoms. The Labute approximate surface area is 164 Å². The highest BCUT2D eigenvalue weighted by Crippen LogP contribution is 2.43. The largest absolute Gasteiger partial charge is 0.465 e. The van der Waals surface area contributed by atoms with Gasteiger partial charge >= 0.3 is 0 Å². The minimum atomic E-state index is -3.07. The molecule has 1 aliphatic heterocycles. The zero-order valence-corrected chi connectivity index (χ0v) is 15.2. The van der Waals surface area contributed by atoms with Crippen LogP contribution >= 0.6 is 0 Å². The first-order valence-electron chi connectivity index (χ1n) is 8.51. The lowest BCUT2D eigenvalue weighted by Gasteiger charge is -2.38. The quantitative estimate of drug-likeness (QED) is 0.815.